The Morgan fingerprint density at radius 2 is 1.04 bits per heavy atom. The molecule has 11 aromatic rings. The molecular formula is C68H60Cl5N15O14S2. The fourth-order valence-electron chi connectivity index (χ4n) is 7.53. The van der Waals surface area contributed by atoms with E-state index in [4.69, 9.17) is 100 Å². The molecule has 0 bridgehead atoms. The number of aldehydes is 1. The average Bonchev–Trinajstić information content (AvgIpc) is 1.06. The van der Waals surface area contributed by atoms with Crippen molar-refractivity contribution >= 4 is 207 Å². The molecule has 36 heteroatoms. The molecule has 7 aromatic carbocycles. The fourth-order valence-corrected chi connectivity index (χ4v) is 9.29. The molecule has 11 N–H and O–H groups in total. The van der Waals surface area contributed by atoms with Gasteiger partial charge in [0, 0.05) is 67.7 Å². The highest BCUT2D eigenvalue weighted by Gasteiger charge is 2.19. The third-order valence-electron chi connectivity index (χ3n) is 12.4. The van der Waals surface area contributed by atoms with Gasteiger partial charge in [-0.1, -0.05) is 84.1 Å². The lowest BCUT2D eigenvalue weighted by atomic mass is 10.2. The van der Waals surface area contributed by atoms with E-state index in [-0.39, 0.29) is 52.0 Å². The van der Waals surface area contributed by atoms with Crippen molar-refractivity contribution in [1.29, 1.82) is 0 Å². The summed E-state index contributed by atoms with van der Waals surface area (Å²) in [6, 6.07) is 34.2. The minimum absolute atomic E-state index is 0.0538. The van der Waals surface area contributed by atoms with Crippen molar-refractivity contribution < 1.29 is 68.0 Å². The summed E-state index contributed by atoms with van der Waals surface area (Å²) in [4.78, 5) is 128. The average molecular weight is 1550 g/mol. The van der Waals surface area contributed by atoms with Crippen LogP contribution in [0.15, 0.2) is 182 Å². The number of aromatic carboxylic acids is 2. The van der Waals surface area contributed by atoms with Gasteiger partial charge in [-0.2, -0.15) is 0 Å². The normalized spacial score (nSPS) is 11.1. The maximum atomic E-state index is 11.8. The molecule has 12 rings (SSSR count). The first kappa shape index (κ1) is 83.2. The highest BCUT2D eigenvalue weighted by Crippen LogP contribution is 2.34. The summed E-state index contributed by atoms with van der Waals surface area (Å²) in [5.41, 5.74) is 25.0. The maximum absolute atomic E-state index is 11.8. The van der Waals surface area contributed by atoms with Gasteiger partial charge in [0.15, 0.2) is 10.3 Å². The molecule has 0 unspecified atom stereocenters. The molecule has 0 spiro atoms. The molecule has 0 atom stereocenters. The highest BCUT2D eigenvalue weighted by atomic mass is 35.5. The summed E-state index contributed by atoms with van der Waals surface area (Å²) in [6.45, 7) is 3.98. The van der Waals surface area contributed by atoms with Gasteiger partial charge in [0.25, 0.3) is 5.91 Å². The van der Waals surface area contributed by atoms with Crippen LogP contribution >= 0.6 is 82.0 Å². The predicted molar refractivity (Wildman–Crippen MR) is 403 cm³/mol. The van der Waals surface area contributed by atoms with Crippen LogP contribution < -0.4 is 27.8 Å². The molecule has 0 radical (unpaired) electrons. The van der Waals surface area contributed by atoms with Crippen LogP contribution in [-0.4, -0.2) is 151 Å². The van der Waals surface area contributed by atoms with Gasteiger partial charge in [0.05, 0.1) is 117 Å². The number of nitrogen functional groups attached to an aromatic ring is 2. The van der Waals surface area contributed by atoms with Gasteiger partial charge in [-0.05, 0) is 133 Å². The number of halogens is 5. The summed E-state index contributed by atoms with van der Waals surface area (Å²) >= 11 is 34.2. The van der Waals surface area contributed by atoms with Crippen molar-refractivity contribution in [2.75, 3.05) is 49.2 Å². The second-order valence-electron chi connectivity index (χ2n) is 20.4. The van der Waals surface area contributed by atoms with E-state index in [0.717, 1.165) is 27.9 Å². The number of nitrogens with one attached hydrogen (secondary N) is 2. The number of thioether (sulfide) groups is 1. The van der Waals surface area contributed by atoms with Gasteiger partial charge in [0.2, 0.25) is 5.91 Å². The van der Waals surface area contributed by atoms with Crippen LogP contribution in [0.5, 0.6) is 0 Å². The molecule has 104 heavy (non-hydrogen) atoms. The largest absolute Gasteiger partial charge is 0.516 e. The Kier molecular flexibility index (Phi) is 34.2. The summed E-state index contributed by atoms with van der Waals surface area (Å²) in [5, 5.41) is 33.9. The third-order valence-corrected chi connectivity index (χ3v) is 14.9. The minimum Gasteiger partial charge on any atom is -0.480 e. The Morgan fingerprint density at radius 1 is 0.625 bits per heavy atom. The second-order valence-corrected chi connectivity index (χ2v) is 23.7. The quantitative estimate of drug-likeness (QED) is 0.0113. The number of aliphatic carboxylic acids is 1. The van der Waals surface area contributed by atoms with Gasteiger partial charge in [-0.25, -0.2) is 29.2 Å². The smallest absolute Gasteiger partial charge is 0.480 e. The van der Waals surface area contributed by atoms with E-state index in [9.17, 15) is 38.4 Å². The number of aromatic nitrogens is 8. The number of amides is 2. The Balaban J connectivity index is 0.000000217. The molecule has 2 amide bonds. The van der Waals surface area contributed by atoms with Crippen LogP contribution in [-0.2, 0) is 23.9 Å². The molecule has 1 aliphatic rings. The maximum Gasteiger partial charge on any atom is 0.516 e. The van der Waals surface area contributed by atoms with E-state index in [1.807, 2.05) is 13.8 Å². The lowest BCUT2D eigenvalue weighted by Gasteiger charge is -2.13. The number of para-hydroxylation sites is 2. The number of hydroxylamine groups is 2. The molecule has 1 fully saturated rings. The number of alkyl halides is 1. The van der Waals surface area contributed by atoms with E-state index in [1.54, 1.807) is 129 Å². The number of carboxylic acids is 3. The number of anilines is 3. The zero-order valence-corrected chi connectivity index (χ0v) is 60.2. The van der Waals surface area contributed by atoms with Crippen molar-refractivity contribution in [3.63, 3.8) is 0 Å². The molecule has 1 aliphatic heterocycles. The highest BCUT2D eigenvalue weighted by molar-refractivity contribution is 8.15. The van der Waals surface area contributed by atoms with Crippen molar-refractivity contribution in [2.45, 2.75) is 13.8 Å². The number of hydrogen-bond acceptors (Lipinski definition) is 24. The van der Waals surface area contributed by atoms with E-state index in [2.05, 4.69) is 72.5 Å². The van der Waals surface area contributed by atoms with E-state index in [0.29, 0.717) is 92.5 Å². The number of carbonyl (C=O) groups is 8. The number of aliphatic imine (C=N–C) groups is 1. The van der Waals surface area contributed by atoms with Crippen LogP contribution in [0.2, 0.25) is 20.1 Å². The van der Waals surface area contributed by atoms with Gasteiger partial charge in [0.1, 0.15) is 17.9 Å². The molecule has 0 aliphatic carbocycles. The number of carboxylic acid groups (broad SMARTS) is 3. The molecule has 0 saturated carbocycles. The number of esters is 1. The van der Waals surface area contributed by atoms with E-state index in [1.165, 1.54) is 73.7 Å². The number of nitrogens with zero attached hydrogens (tertiary/aromatic N) is 10. The SMILES string of the molecule is CC(C)COC(=O)OC(=O)c1ccc2nccnc2c1.CON(C)C(=O)c1ccc2nccnc2c1.NC(=S)Nc1c(Cl)cccc1Cl.Nc1ccc(C(=O)O)cc1N.O=C(O)CCl.O=C(O)c1ccc2nccnc2c1.O=C1CSC(=Nc2c(Cl)cccc2Cl)N1.O=Cc1ccc2nccnc2c1. The van der Waals surface area contributed by atoms with E-state index >= 15 is 0 Å². The first-order chi connectivity index (χ1) is 49.6. The number of nitrogens with two attached hydrogens (primary N) is 3. The van der Waals surface area contributed by atoms with Gasteiger partial charge in [-0.3, -0.25) is 63.9 Å². The number of hydrogen-bond donors (Lipinski definition) is 8. The van der Waals surface area contributed by atoms with Gasteiger partial charge < -0.3 is 52.6 Å². The van der Waals surface area contributed by atoms with Crippen LogP contribution in [0.4, 0.5) is 27.5 Å². The van der Waals surface area contributed by atoms with Crippen LogP contribution in [0.25, 0.3) is 44.1 Å². The predicted octanol–water partition coefficient (Wildman–Crippen LogP) is 13.0. The molecular weight excluding hydrogens is 1490 g/mol. The molecule has 1 saturated heterocycles. The number of amidine groups is 1. The van der Waals surface area contributed by atoms with Crippen molar-refractivity contribution in [3.05, 3.63) is 225 Å². The lowest BCUT2D eigenvalue weighted by molar-refractivity contribution is -0.134. The zero-order chi connectivity index (χ0) is 76.4. The van der Waals surface area contributed by atoms with Crippen LogP contribution in [0.1, 0.15) is 65.6 Å². The Bertz CT molecular complexity index is 4880. The van der Waals surface area contributed by atoms with Crippen molar-refractivity contribution in [3.8, 4) is 0 Å². The Morgan fingerprint density at radius 3 is 1.46 bits per heavy atom. The molecule has 5 heterocycles. The number of carbonyl (C=O) groups excluding carboxylic acids is 5. The first-order valence-electron chi connectivity index (χ1n) is 29.5. The van der Waals surface area contributed by atoms with Crippen molar-refractivity contribution in [2.24, 2.45) is 16.6 Å². The standard InChI is InChI=1S/C14H14N2O4.C11H11N3O2.C9H6Cl2N2OS.C9H6N2O2.C9H6N2O.C7H6Cl2N2S.C7H8N2O2.C2H3ClO2/c1-9(2)8-19-14(18)20-13(17)10-3-4-11-12(7-10)16-6-5-15-11;1-14(16-2)11(15)8-3-4-9-10(7-8)13-6-5-12-9;10-5-2-1-3-6(11)8(5)13-9-12-7(14)4-15-9;12-9(13)6-1-2-7-8(5-6)11-4-3-10-7;12-6-7-1-2-8-9(5-7)11-4-3-10-8;8-4-2-1-3-5(9)6(4)11-7(10)12;8-5-2-1-4(7(10)11)3-6(5)9;3-1-2(4)5/h3-7,9H,8H2,1-2H3;3-7H,1-2H3;1-3H,4H2,(H,12,13,14);1-5H,(H,12,13);1-6H;1-3H,(H3,10,11,12);1-3H,8-9H2,(H,10,11);1H2,(H,4,5). The lowest BCUT2D eigenvalue weighted by Crippen LogP contribution is -2.25. The number of rotatable bonds is 11. The summed E-state index contributed by atoms with van der Waals surface area (Å²) in [5.74, 6) is -3.71. The monoisotopic (exact) mass is 1550 g/mol. The fraction of sp³-hybridized carbons (Fsp3) is 0.118. The van der Waals surface area contributed by atoms with Crippen LogP contribution in [0.3, 0.4) is 0 Å². The number of benzene rings is 7. The topological polar surface area (TPSA) is 446 Å². The molecule has 4 aromatic heterocycles. The first-order valence-corrected chi connectivity index (χ1v) is 32.9. The number of thiocarbonyl (C=S) groups is 1. The van der Waals surface area contributed by atoms with E-state index < -0.39 is 30.0 Å². The molecule has 29 nitrogen and oxygen atoms in total. The zero-order valence-electron chi connectivity index (χ0n) is 54.8. The van der Waals surface area contributed by atoms with Crippen molar-refractivity contribution in [1.82, 2.24) is 50.3 Å². The van der Waals surface area contributed by atoms with Gasteiger partial charge >= 0.3 is 30.0 Å². The van der Waals surface area contributed by atoms with Crippen LogP contribution in [0, 0.1) is 5.92 Å². The summed E-state index contributed by atoms with van der Waals surface area (Å²) in [6.07, 6.45) is 12.4. The number of ether oxygens (including phenoxy) is 2. The Labute approximate surface area is 626 Å². The minimum atomic E-state index is -1.00. The summed E-state index contributed by atoms with van der Waals surface area (Å²) in [7, 11) is 3.00. The second kappa shape index (κ2) is 42.7. The molecule has 538 valence electrons. The number of fused-ring (bicyclic) bond motifs is 4. The Hall–Kier alpha value is -11.4. The van der Waals surface area contributed by atoms with Gasteiger partial charge in [-0.15, -0.1) is 11.6 Å². The summed E-state index contributed by atoms with van der Waals surface area (Å²) < 4.78 is 9.36. The third kappa shape index (κ3) is 27.8.